The van der Waals surface area contributed by atoms with Crippen molar-refractivity contribution in [3.05, 3.63) is 65.6 Å². The quantitative estimate of drug-likeness (QED) is 0.723. The van der Waals surface area contributed by atoms with Crippen molar-refractivity contribution in [1.82, 2.24) is 24.9 Å². The van der Waals surface area contributed by atoms with E-state index in [9.17, 15) is 0 Å². The molecule has 2 aromatic heterocycles. The lowest BCUT2D eigenvalue weighted by Gasteiger charge is -2.20. The number of hydrogen-bond acceptors (Lipinski definition) is 4. The van der Waals surface area contributed by atoms with Gasteiger partial charge in [-0.2, -0.15) is 0 Å². The van der Waals surface area contributed by atoms with Crippen LogP contribution in [0.5, 0.6) is 0 Å². The zero-order valence-electron chi connectivity index (χ0n) is 14.6. The molecule has 0 aliphatic rings. The Bertz CT molecular complexity index is 822. The largest absolute Gasteiger partial charge is 0.303 e. The Morgan fingerprint density at radius 1 is 1.17 bits per heavy atom. The molecule has 0 bridgehead atoms. The second-order valence-corrected chi connectivity index (χ2v) is 6.39. The highest BCUT2D eigenvalue weighted by Crippen LogP contribution is 2.23. The molecule has 24 heavy (non-hydrogen) atoms. The van der Waals surface area contributed by atoms with Crippen molar-refractivity contribution >= 4 is 0 Å². The minimum atomic E-state index is 0.358. The molecule has 0 radical (unpaired) electrons. The number of hydrogen-bond donors (Lipinski definition) is 0. The fourth-order valence-electron chi connectivity index (χ4n) is 2.62. The van der Waals surface area contributed by atoms with Gasteiger partial charge in [-0.3, -0.25) is 4.98 Å². The first-order valence-corrected chi connectivity index (χ1v) is 8.11. The van der Waals surface area contributed by atoms with E-state index < -0.39 is 0 Å². The molecule has 0 unspecified atom stereocenters. The Morgan fingerprint density at radius 2 is 2.00 bits per heavy atom. The van der Waals surface area contributed by atoms with Crippen molar-refractivity contribution in [3.8, 4) is 11.3 Å². The van der Waals surface area contributed by atoms with E-state index in [-0.39, 0.29) is 0 Å². The second kappa shape index (κ2) is 6.93. The van der Waals surface area contributed by atoms with Crippen molar-refractivity contribution in [3.63, 3.8) is 0 Å². The molecule has 0 aliphatic carbocycles. The van der Waals surface area contributed by atoms with Crippen molar-refractivity contribution in [1.29, 1.82) is 0 Å². The van der Waals surface area contributed by atoms with Crippen LogP contribution in [0.25, 0.3) is 11.3 Å². The van der Waals surface area contributed by atoms with Crippen molar-refractivity contribution in [2.75, 3.05) is 14.1 Å². The molecule has 5 heteroatoms. The van der Waals surface area contributed by atoms with Crippen LogP contribution < -0.4 is 0 Å². The Hall–Kier alpha value is -2.53. The molecule has 3 aromatic rings. The lowest BCUT2D eigenvalue weighted by Crippen LogP contribution is -2.16. The molecule has 0 amide bonds. The molecule has 1 aromatic carbocycles. The molecule has 0 saturated carbocycles. The Kier molecular flexibility index (Phi) is 4.71. The fraction of sp³-hybridized carbons (Fsp3) is 0.316. The van der Waals surface area contributed by atoms with E-state index in [0.29, 0.717) is 12.6 Å². The van der Waals surface area contributed by atoms with Crippen LogP contribution in [0, 0.1) is 6.92 Å². The summed E-state index contributed by atoms with van der Waals surface area (Å²) in [6.07, 6.45) is 3.80. The highest BCUT2D eigenvalue weighted by Gasteiger charge is 2.10. The van der Waals surface area contributed by atoms with Crippen molar-refractivity contribution in [2.45, 2.75) is 26.4 Å². The molecule has 0 aliphatic heterocycles. The summed E-state index contributed by atoms with van der Waals surface area (Å²) in [6.45, 7) is 4.89. The lowest BCUT2D eigenvalue weighted by molar-refractivity contribution is 0.321. The summed E-state index contributed by atoms with van der Waals surface area (Å²) in [5, 5.41) is 8.57. The van der Waals surface area contributed by atoms with E-state index in [1.807, 2.05) is 23.1 Å². The fourth-order valence-corrected chi connectivity index (χ4v) is 2.62. The monoisotopic (exact) mass is 321 g/mol. The summed E-state index contributed by atoms with van der Waals surface area (Å²) in [4.78, 5) is 6.57. The maximum atomic E-state index is 4.38. The summed E-state index contributed by atoms with van der Waals surface area (Å²) in [5.41, 5.74) is 5.43. The average Bonchev–Trinajstić information content (AvgIpc) is 3.02. The summed E-state index contributed by atoms with van der Waals surface area (Å²) in [6, 6.07) is 12.9. The van der Waals surface area contributed by atoms with Crippen LogP contribution in [0.2, 0.25) is 0 Å². The first-order valence-electron chi connectivity index (χ1n) is 8.11. The third kappa shape index (κ3) is 3.68. The smallest absolute Gasteiger partial charge is 0.113 e. The van der Waals surface area contributed by atoms with E-state index in [1.165, 1.54) is 11.1 Å². The van der Waals surface area contributed by atoms with Gasteiger partial charge in [0.25, 0.3) is 0 Å². The van der Waals surface area contributed by atoms with Gasteiger partial charge in [-0.05, 0) is 57.3 Å². The molecule has 5 nitrogen and oxygen atoms in total. The summed E-state index contributed by atoms with van der Waals surface area (Å²) in [5.74, 6) is 0. The van der Waals surface area contributed by atoms with Crippen LogP contribution in [-0.4, -0.2) is 39.0 Å². The van der Waals surface area contributed by atoms with Gasteiger partial charge in [0.05, 0.1) is 18.4 Å². The maximum Gasteiger partial charge on any atom is 0.113 e. The number of pyridine rings is 1. The molecule has 1 atom stereocenters. The first-order chi connectivity index (χ1) is 11.5. The highest BCUT2D eigenvalue weighted by molar-refractivity contribution is 5.59. The van der Waals surface area contributed by atoms with E-state index in [0.717, 1.165) is 17.0 Å². The molecular formula is C19H23N5. The van der Waals surface area contributed by atoms with Gasteiger partial charge >= 0.3 is 0 Å². The van der Waals surface area contributed by atoms with E-state index >= 15 is 0 Å². The van der Waals surface area contributed by atoms with Crippen LogP contribution in [0.1, 0.15) is 29.8 Å². The Morgan fingerprint density at radius 3 is 2.75 bits per heavy atom. The van der Waals surface area contributed by atoms with Gasteiger partial charge in [0.1, 0.15) is 5.69 Å². The third-order valence-electron chi connectivity index (χ3n) is 4.27. The lowest BCUT2D eigenvalue weighted by atomic mass is 10.0. The highest BCUT2D eigenvalue weighted by atomic mass is 15.4. The Labute approximate surface area is 143 Å². The van der Waals surface area contributed by atoms with Gasteiger partial charge in [0, 0.05) is 17.8 Å². The predicted octanol–water partition coefficient (Wildman–Crippen LogP) is 3.32. The molecule has 0 saturated heterocycles. The molecular weight excluding hydrogens is 298 g/mol. The summed E-state index contributed by atoms with van der Waals surface area (Å²) < 4.78 is 1.83. The molecule has 2 heterocycles. The topological polar surface area (TPSA) is 46.8 Å². The SMILES string of the molecule is Cc1ccnc(Cn2cc(-c3cccc([C@H](C)N(C)C)c3)nn2)c1. The van der Waals surface area contributed by atoms with E-state index in [4.69, 9.17) is 0 Å². The normalized spacial score (nSPS) is 12.5. The zero-order chi connectivity index (χ0) is 17.1. The minimum absolute atomic E-state index is 0.358. The van der Waals surface area contributed by atoms with Gasteiger partial charge in [-0.1, -0.05) is 23.4 Å². The van der Waals surface area contributed by atoms with Crippen LogP contribution >= 0.6 is 0 Å². The molecule has 3 rings (SSSR count). The first kappa shape index (κ1) is 16.3. The molecule has 0 spiro atoms. The number of rotatable bonds is 5. The number of benzene rings is 1. The van der Waals surface area contributed by atoms with Gasteiger partial charge in [-0.15, -0.1) is 5.10 Å². The second-order valence-electron chi connectivity index (χ2n) is 6.39. The zero-order valence-corrected chi connectivity index (χ0v) is 14.6. The van der Waals surface area contributed by atoms with Gasteiger partial charge in [0.2, 0.25) is 0 Å². The third-order valence-corrected chi connectivity index (χ3v) is 4.27. The summed E-state index contributed by atoms with van der Waals surface area (Å²) >= 11 is 0. The maximum absolute atomic E-state index is 4.38. The predicted molar refractivity (Wildman–Crippen MR) is 95.6 cm³/mol. The van der Waals surface area contributed by atoms with E-state index in [2.05, 4.69) is 78.5 Å². The minimum Gasteiger partial charge on any atom is -0.303 e. The summed E-state index contributed by atoms with van der Waals surface area (Å²) in [7, 11) is 4.17. The van der Waals surface area contributed by atoms with Crippen LogP contribution in [-0.2, 0) is 6.54 Å². The number of aryl methyl sites for hydroxylation is 1. The molecule has 124 valence electrons. The number of aromatic nitrogens is 4. The van der Waals surface area contributed by atoms with Crippen LogP contribution in [0.15, 0.2) is 48.8 Å². The van der Waals surface area contributed by atoms with Gasteiger partial charge in [0.15, 0.2) is 0 Å². The van der Waals surface area contributed by atoms with E-state index in [1.54, 1.807) is 0 Å². The Balaban J connectivity index is 1.82. The van der Waals surface area contributed by atoms with Crippen molar-refractivity contribution in [2.24, 2.45) is 0 Å². The molecule has 0 fully saturated rings. The average molecular weight is 321 g/mol. The van der Waals surface area contributed by atoms with Crippen LogP contribution in [0.3, 0.4) is 0 Å². The van der Waals surface area contributed by atoms with Gasteiger partial charge < -0.3 is 4.90 Å². The van der Waals surface area contributed by atoms with Gasteiger partial charge in [-0.25, -0.2) is 4.68 Å². The standard InChI is InChI=1S/C19H23N5/c1-14-8-9-20-18(10-14)12-24-13-19(21-22-24)17-7-5-6-16(11-17)15(2)23(3)4/h5-11,13,15H,12H2,1-4H3/t15-/m0/s1. The van der Waals surface area contributed by atoms with Crippen LogP contribution in [0.4, 0.5) is 0 Å². The number of nitrogens with zero attached hydrogens (tertiary/aromatic N) is 5. The molecule has 0 N–H and O–H groups in total. The van der Waals surface area contributed by atoms with Crippen molar-refractivity contribution < 1.29 is 0 Å².